The molecule has 0 aliphatic heterocycles. The average molecular weight is 294 g/mol. The first-order valence-electron chi connectivity index (χ1n) is 6.47. The fourth-order valence-corrected chi connectivity index (χ4v) is 2.60. The zero-order valence-corrected chi connectivity index (χ0v) is 12.4. The summed E-state index contributed by atoms with van der Waals surface area (Å²) in [4.78, 5) is 0. The van der Waals surface area contributed by atoms with Crippen molar-refractivity contribution in [1.82, 2.24) is 0 Å². The zero-order valence-electron chi connectivity index (χ0n) is 10.9. The average Bonchev–Trinajstić information content (AvgIpc) is 2.40. The summed E-state index contributed by atoms with van der Waals surface area (Å²) in [5, 5.41) is 4.83. The second kappa shape index (κ2) is 6.83. The molecule has 0 fully saturated rings. The van der Waals surface area contributed by atoms with Crippen molar-refractivity contribution in [1.29, 1.82) is 0 Å². The van der Waals surface area contributed by atoms with E-state index in [0.29, 0.717) is 16.6 Å². The second-order valence-electron chi connectivity index (χ2n) is 4.46. The molecule has 0 saturated heterocycles. The normalized spacial score (nSPS) is 10.5. The molecule has 2 rings (SSSR count). The van der Waals surface area contributed by atoms with E-state index in [1.165, 1.54) is 5.56 Å². The molecule has 19 heavy (non-hydrogen) atoms. The van der Waals surface area contributed by atoms with Crippen LogP contribution < -0.4 is 5.32 Å². The van der Waals surface area contributed by atoms with Crippen molar-refractivity contribution in [2.45, 2.75) is 26.3 Å². The summed E-state index contributed by atoms with van der Waals surface area (Å²) >= 11 is 12.3. The minimum absolute atomic E-state index is 0.638. The molecule has 3 heteroatoms. The molecule has 100 valence electrons. The molecule has 1 N–H and O–H groups in total. The molecule has 0 aliphatic carbocycles. The van der Waals surface area contributed by atoms with E-state index in [9.17, 15) is 0 Å². The van der Waals surface area contributed by atoms with Crippen molar-refractivity contribution in [3.63, 3.8) is 0 Å². The summed E-state index contributed by atoms with van der Waals surface area (Å²) in [6.07, 6.45) is 2.20. The number of hydrogen-bond acceptors (Lipinski definition) is 1. The van der Waals surface area contributed by atoms with Gasteiger partial charge in [0.25, 0.3) is 0 Å². The number of hydrogen-bond donors (Lipinski definition) is 1. The number of para-hydroxylation sites is 1. The van der Waals surface area contributed by atoms with E-state index < -0.39 is 0 Å². The van der Waals surface area contributed by atoms with E-state index in [1.54, 1.807) is 0 Å². The van der Waals surface area contributed by atoms with E-state index in [1.807, 2.05) is 24.3 Å². The van der Waals surface area contributed by atoms with Crippen LogP contribution in [0, 0.1) is 0 Å². The summed E-state index contributed by atoms with van der Waals surface area (Å²) in [6.45, 7) is 2.82. The minimum Gasteiger partial charge on any atom is -0.381 e. The van der Waals surface area contributed by atoms with Crippen molar-refractivity contribution in [3.8, 4) is 0 Å². The van der Waals surface area contributed by atoms with E-state index in [0.717, 1.165) is 24.1 Å². The molecule has 0 saturated carbocycles. The van der Waals surface area contributed by atoms with Crippen LogP contribution in [0.1, 0.15) is 24.5 Å². The lowest BCUT2D eigenvalue weighted by Crippen LogP contribution is -2.03. The maximum atomic E-state index is 6.17. The smallest absolute Gasteiger partial charge is 0.0470 e. The van der Waals surface area contributed by atoms with Crippen molar-refractivity contribution in [2.75, 3.05) is 5.32 Å². The van der Waals surface area contributed by atoms with Gasteiger partial charge in [-0.15, -0.1) is 0 Å². The third-order valence-corrected chi connectivity index (χ3v) is 3.76. The summed E-state index contributed by atoms with van der Waals surface area (Å²) in [5.74, 6) is 0. The Bertz CT molecular complexity index is 532. The van der Waals surface area contributed by atoms with Crippen molar-refractivity contribution in [3.05, 3.63) is 63.6 Å². The van der Waals surface area contributed by atoms with Crippen LogP contribution in [-0.4, -0.2) is 0 Å². The Hall–Kier alpha value is -1.18. The van der Waals surface area contributed by atoms with Crippen LogP contribution in [0.3, 0.4) is 0 Å². The van der Waals surface area contributed by atoms with Crippen molar-refractivity contribution in [2.24, 2.45) is 0 Å². The molecular weight excluding hydrogens is 277 g/mol. The predicted molar refractivity (Wildman–Crippen MR) is 84.2 cm³/mol. The number of anilines is 1. The zero-order chi connectivity index (χ0) is 13.7. The maximum absolute atomic E-state index is 6.17. The number of halogens is 2. The lowest BCUT2D eigenvalue weighted by atomic mass is 10.1. The highest BCUT2D eigenvalue weighted by Crippen LogP contribution is 2.26. The highest BCUT2D eigenvalue weighted by atomic mass is 35.5. The van der Waals surface area contributed by atoms with Gasteiger partial charge < -0.3 is 5.32 Å². The SMILES string of the molecule is CCCc1ccccc1NCc1c(Cl)cccc1Cl. The van der Waals surface area contributed by atoms with Gasteiger partial charge in [0.1, 0.15) is 0 Å². The Morgan fingerprint density at radius 3 is 2.32 bits per heavy atom. The first kappa shape index (κ1) is 14.2. The number of rotatable bonds is 5. The Morgan fingerprint density at radius 1 is 0.947 bits per heavy atom. The Labute approximate surface area is 124 Å². The monoisotopic (exact) mass is 293 g/mol. The molecule has 0 unspecified atom stereocenters. The van der Waals surface area contributed by atoms with E-state index in [4.69, 9.17) is 23.2 Å². The summed E-state index contributed by atoms with van der Waals surface area (Å²) < 4.78 is 0. The highest BCUT2D eigenvalue weighted by molar-refractivity contribution is 6.36. The topological polar surface area (TPSA) is 12.0 Å². The highest BCUT2D eigenvalue weighted by Gasteiger charge is 2.06. The maximum Gasteiger partial charge on any atom is 0.0470 e. The number of aryl methyl sites for hydroxylation is 1. The minimum atomic E-state index is 0.638. The van der Waals surface area contributed by atoms with Crippen LogP contribution in [0.4, 0.5) is 5.69 Å². The fraction of sp³-hybridized carbons (Fsp3) is 0.250. The van der Waals surface area contributed by atoms with Crippen LogP contribution in [-0.2, 0) is 13.0 Å². The molecule has 0 radical (unpaired) electrons. The van der Waals surface area contributed by atoms with Gasteiger partial charge >= 0.3 is 0 Å². The molecule has 0 atom stereocenters. The molecule has 2 aromatic carbocycles. The van der Waals surface area contributed by atoms with Gasteiger partial charge in [0, 0.05) is 27.8 Å². The van der Waals surface area contributed by atoms with Crippen molar-refractivity contribution < 1.29 is 0 Å². The molecule has 0 bridgehead atoms. The van der Waals surface area contributed by atoms with Crippen LogP contribution >= 0.6 is 23.2 Å². The van der Waals surface area contributed by atoms with Gasteiger partial charge in [-0.2, -0.15) is 0 Å². The standard InChI is InChI=1S/C16H17Cl2N/c1-2-6-12-7-3-4-10-16(12)19-11-13-14(17)8-5-9-15(13)18/h3-5,7-10,19H,2,6,11H2,1H3. The van der Waals surface area contributed by atoms with Gasteiger partial charge in [-0.05, 0) is 30.2 Å². The quantitative estimate of drug-likeness (QED) is 0.761. The van der Waals surface area contributed by atoms with Crippen LogP contribution in [0.25, 0.3) is 0 Å². The van der Waals surface area contributed by atoms with Gasteiger partial charge in [-0.1, -0.05) is 60.8 Å². The fourth-order valence-electron chi connectivity index (χ4n) is 2.06. The van der Waals surface area contributed by atoms with E-state index in [2.05, 4.69) is 30.4 Å². The van der Waals surface area contributed by atoms with Gasteiger partial charge in [-0.25, -0.2) is 0 Å². The molecular formula is C16H17Cl2N. The van der Waals surface area contributed by atoms with Crippen molar-refractivity contribution >= 4 is 28.9 Å². The van der Waals surface area contributed by atoms with Gasteiger partial charge in [0.05, 0.1) is 0 Å². The largest absolute Gasteiger partial charge is 0.381 e. The Kier molecular flexibility index (Phi) is 5.12. The molecule has 0 aliphatic rings. The van der Waals surface area contributed by atoms with Gasteiger partial charge in [0.2, 0.25) is 0 Å². The molecule has 0 amide bonds. The molecule has 2 aromatic rings. The lowest BCUT2D eigenvalue weighted by molar-refractivity contribution is 0.919. The predicted octanol–water partition coefficient (Wildman–Crippen LogP) is 5.56. The lowest BCUT2D eigenvalue weighted by Gasteiger charge is -2.13. The molecule has 0 spiro atoms. The third-order valence-electron chi connectivity index (χ3n) is 3.05. The van der Waals surface area contributed by atoms with Gasteiger partial charge in [-0.3, -0.25) is 0 Å². The Balaban J connectivity index is 2.15. The van der Waals surface area contributed by atoms with Crippen LogP contribution in [0.2, 0.25) is 10.0 Å². The molecule has 1 nitrogen and oxygen atoms in total. The summed E-state index contributed by atoms with van der Waals surface area (Å²) in [7, 11) is 0. The molecule has 0 aromatic heterocycles. The van der Waals surface area contributed by atoms with E-state index in [-0.39, 0.29) is 0 Å². The summed E-state index contributed by atoms with van der Waals surface area (Å²) in [6, 6.07) is 13.9. The number of benzene rings is 2. The number of nitrogens with one attached hydrogen (secondary N) is 1. The third kappa shape index (κ3) is 3.65. The second-order valence-corrected chi connectivity index (χ2v) is 5.28. The van der Waals surface area contributed by atoms with Gasteiger partial charge in [0.15, 0.2) is 0 Å². The first-order valence-corrected chi connectivity index (χ1v) is 7.22. The van der Waals surface area contributed by atoms with E-state index >= 15 is 0 Å². The van der Waals surface area contributed by atoms with Crippen LogP contribution in [0.5, 0.6) is 0 Å². The summed E-state index contributed by atoms with van der Waals surface area (Å²) in [5.41, 5.74) is 3.42. The first-order chi connectivity index (χ1) is 9.22. The molecule has 0 heterocycles. The Morgan fingerprint density at radius 2 is 1.63 bits per heavy atom. The van der Waals surface area contributed by atoms with Crippen LogP contribution in [0.15, 0.2) is 42.5 Å².